The van der Waals surface area contributed by atoms with Crippen molar-refractivity contribution >= 4 is 11.6 Å². The molecule has 1 amide bonds. The van der Waals surface area contributed by atoms with Crippen LogP contribution in [0.3, 0.4) is 0 Å². The number of carbonyl (C=O) groups excluding carboxylic acids is 1. The van der Waals surface area contributed by atoms with E-state index >= 15 is 0 Å². The second-order valence-electron chi connectivity index (χ2n) is 5.92. The quantitative estimate of drug-likeness (QED) is 0.616. The fourth-order valence-corrected chi connectivity index (χ4v) is 2.67. The van der Waals surface area contributed by atoms with Crippen LogP contribution in [-0.4, -0.2) is 10.8 Å². The van der Waals surface area contributed by atoms with Crippen LogP contribution in [0, 0.1) is 16.0 Å². The van der Waals surface area contributed by atoms with Crippen LogP contribution in [0.5, 0.6) is 0 Å². The molecule has 0 spiro atoms. The average Bonchev–Trinajstić information content (AvgIpc) is 2.61. The fourth-order valence-electron chi connectivity index (χ4n) is 2.67. The topological polar surface area (TPSA) is 72.2 Å². The van der Waals surface area contributed by atoms with E-state index in [1.807, 2.05) is 30.3 Å². The van der Waals surface area contributed by atoms with Crippen molar-refractivity contribution in [1.82, 2.24) is 5.32 Å². The van der Waals surface area contributed by atoms with Gasteiger partial charge < -0.3 is 5.32 Å². The lowest BCUT2D eigenvalue weighted by molar-refractivity contribution is -0.384. The Hall–Kier alpha value is -2.69. The third kappa shape index (κ3) is 4.41. The maximum atomic E-state index is 12.7. The Balaban J connectivity index is 2.06. The van der Waals surface area contributed by atoms with Gasteiger partial charge in [0.25, 0.3) is 5.69 Å². The Bertz CT molecular complexity index is 684. The Morgan fingerprint density at radius 3 is 2.29 bits per heavy atom. The maximum absolute atomic E-state index is 12.7. The molecule has 0 fully saturated rings. The molecule has 0 bridgehead atoms. The molecular weight excluding hydrogens is 304 g/mol. The minimum atomic E-state index is -0.434. The zero-order valence-corrected chi connectivity index (χ0v) is 13.9. The average molecular weight is 326 g/mol. The molecule has 2 aromatic rings. The molecule has 0 saturated heterocycles. The van der Waals surface area contributed by atoms with Crippen molar-refractivity contribution in [3.05, 3.63) is 75.8 Å². The van der Waals surface area contributed by atoms with Gasteiger partial charge in [-0.25, -0.2) is 0 Å². The van der Waals surface area contributed by atoms with Crippen molar-refractivity contribution in [3.63, 3.8) is 0 Å². The molecule has 0 aliphatic carbocycles. The molecule has 0 saturated carbocycles. The normalized spacial score (nSPS) is 13.1. The lowest BCUT2D eigenvalue weighted by Crippen LogP contribution is -2.32. The van der Waals surface area contributed by atoms with Crippen molar-refractivity contribution in [1.29, 1.82) is 0 Å². The van der Waals surface area contributed by atoms with Gasteiger partial charge in [0.15, 0.2) is 0 Å². The van der Waals surface area contributed by atoms with E-state index in [4.69, 9.17) is 0 Å². The summed E-state index contributed by atoms with van der Waals surface area (Å²) in [5.74, 6) is 0.00686. The second-order valence-corrected chi connectivity index (χ2v) is 5.92. The summed E-state index contributed by atoms with van der Waals surface area (Å²) < 4.78 is 0. The van der Waals surface area contributed by atoms with E-state index in [2.05, 4.69) is 19.2 Å². The first-order chi connectivity index (χ1) is 11.5. The van der Waals surface area contributed by atoms with Gasteiger partial charge in [0.05, 0.1) is 10.8 Å². The number of amides is 1. The molecule has 5 heteroatoms. The van der Waals surface area contributed by atoms with Gasteiger partial charge in [0.2, 0.25) is 5.91 Å². The molecule has 126 valence electrons. The Labute approximate surface area is 141 Å². The number of nitrogens with zero attached hydrogens (tertiary/aromatic N) is 1. The number of nitrogens with one attached hydrogen (secondary N) is 1. The molecule has 0 aliphatic rings. The predicted octanol–water partition coefficient (Wildman–Crippen LogP) is 4.04. The van der Waals surface area contributed by atoms with E-state index in [1.54, 1.807) is 12.1 Å². The Morgan fingerprint density at radius 2 is 1.75 bits per heavy atom. The third-order valence-corrected chi connectivity index (χ3v) is 4.27. The number of hydrogen-bond acceptors (Lipinski definition) is 3. The number of benzene rings is 2. The molecular formula is C19H22N2O3. The SMILES string of the molecule is CCC(C)C(C(=O)NCc1ccc([N+](=O)[O-])cc1)c1ccccc1. The molecule has 1 N–H and O–H groups in total. The Morgan fingerprint density at radius 1 is 1.12 bits per heavy atom. The van der Waals surface area contributed by atoms with Crippen LogP contribution in [0.15, 0.2) is 54.6 Å². The van der Waals surface area contributed by atoms with Crippen molar-refractivity contribution in [3.8, 4) is 0 Å². The summed E-state index contributed by atoms with van der Waals surface area (Å²) in [4.78, 5) is 22.9. The van der Waals surface area contributed by atoms with Gasteiger partial charge in [-0.15, -0.1) is 0 Å². The van der Waals surface area contributed by atoms with Crippen LogP contribution >= 0.6 is 0 Å². The highest BCUT2D eigenvalue weighted by Gasteiger charge is 2.25. The first-order valence-electron chi connectivity index (χ1n) is 8.09. The molecule has 0 aliphatic heterocycles. The molecule has 0 heterocycles. The van der Waals surface area contributed by atoms with Crippen LogP contribution in [0.1, 0.15) is 37.3 Å². The molecule has 5 nitrogen and oxygen atoms in total. The van der Waals surface area contributed by atoms with E-state index < -0.39 is 4.92 Å². The van der Waals surface area contributed by atoms with Gasteiger partial charge in [-0.2, -0.15) is 0 Å². The maximum Gasteiger partial charge on any atom is 0.269 e. The zero-order chi connectivity index (χ0) is 17.5. The standard InChI is InChI=1S/C19H22N2O3/c1-3-14(2)18(16-7-5-4-6-8-16)19(22)20-13-15-9-11-17(12-10-15)21(23)24/h4-12,14,18H,3,13H2,1-2H3,(H,20,22). The first-order valence-corrected chi connectivity index (χ1v) is 8.09. The molecule has 0 aromatic heterocycles. The lowest BCUT2D eigenvalue weighted by Gasteiger charge is -2.22. The number of nitro benzene ring substituents is 1. The van der Waals surface area contributed by atoms with Gasteiger partial charge in [-0.3, -0.25) is 14.9 Å². The summed E-state index contributed by atoms with van der Waals surface area (Å²) in [6.07, 6.45) is 0.907. The molecule has 2 atom stereocenters. The molecule has 2 aromatic carbocycles. The summed E-state index contributed by atoms with van der Waals surface area (Å²) >= 11 is 0. The van der Waals surface area contributed by atoms with Crippen LogP contribution in [0.4, 0.5) is 5.69 Å². The fraction of sp³-hybridized carbons (Fsp3) is 0.316. The minimum absolute atomic E-state index is 0.0195. The van der Waals surface area contributed by atoms with Crippen molar-refractivity contribution in [2.75, 3.05) is 0 Å². The highest BCUT2D eigenvalue weighted by Crippen LogP contribution is 2.27. The van der Waals surface area contributed by atoms with Gasteiger partial charge in [0, 0.05) is 18.7 Å². The van der Waals surface area contributed by atoms with Crippen LogP contribution in [0.25, 0.3) is 0 Å². The van der Waals surface area contributed by atoms with E-state index in [9.17, 15) is 14.9 Å². The highest BCUT2D eigenvalue weighted by atomic mass is 16.6. The smallest absolute Gasteiger partial charge is 0.269 e. The largest absolute Gasteiger partial charge is 0.351 e. The number of non-ortho nitro benzene ring substituents is 1. The van der Waals surface area contributed by atoms with Crippen LogP contribution in [0.2, 0.25) is 0 Å². The van der Waals surface area contributed by atoms with E-state index in [0.717, 1.165) is 17.5 Å². The van der Waals surface area contributed by atoms with E-state index in [-0.39, 0.29) is 23.4 Å². The number of nitro groups is 1. The summed E-state index contributed by atoms with van der Waals surface area (Å²) in [6, 6.07) is 16.0. The van der Waals surface area contributed by atoms with Gasteiger partial charge in [0.1, 0.15) is 0 Å². The Kier molecular flexibility index (Phi) is 6.07. The summed E-state index contributed by atoms with van der Waals surface area (Å²) in [5, 5.41) is 13.6. The molecule has 2 unspecified atom stereocenters. The van der Waals surface area contributed by atoms with Crippen LogP contribution in [-0.2, 0) is 11.3 Å². The summed E-state index contributed by atoms with van der Waals surface area (Å²) in [6.45, 7) is 4.50. The molecule has 24 heavy (non-hydrogen) atoms. The predicted molar refractivity (Wildman–Crippen MR) is 93.6 cm³/mol. The van der Waals surface area contributed by atoms with Gasteiger partial charge in [-0.1, -0.05) is 62.7 Å². The number of rotatable bonds is 7. The molecule has 2 rings (SSSR count). The van der Waals surface area contributed by atoms with Crippen molar-refractivity contribution < 1.29 is 9.72 Å². The first kappa shape index (κ1) is 17.7. The van der Waals surface area contributed by atoms with Gasteiger partial charge >= 0.3 is 0 Å². The van der Waals surface area contributed by atoms with E-state index in [1.165, 1.54) is 12.1 Å². The number of carbonyl (C=O) groups is 1. The van der Waals surface area contributed by atoms with Crippen LogP contribution < -0.4 is 5.32 Å². The minimum Gasteiger partial charge on any atom is -0.351 e. The zero-order valence-electron chi connectivity index (χ0n) is 13.9. The van der Waals surface area contributed by atoms with E-state index in [0.29, 0.717) is 6.54 Å². The third-order valence-electron chi connectivity index (χ3n) is 4.27. The molecule has 0 radical (unpaired) electrons. The highest BCUT2D eigenvalue weighted by molar-refractivity contribution is 5.83. The second kappa shape index (κ2) is 8.24. The summed E-state index contributed by atoms with van der Waals surface area (Å²) in [5.41, 5.74) is 1.89. The number of hydrogen-bond donors (Lipinski definition) is 1. The monoisotopic (exact) mass is 326 g/mol. The lowest BCUT2D eigenvalue weighted by atomic mass is 9.85. The van der Waals surface area contributed by atoms with Crippen molar-refractivity contribution in [2.45, 2.75) is 32.7 Å². The van der Waals surface area contributed by atoms with Crippen molar-refractivity contribution in [2.24, 2.45) is 5.92 Å². The summed E-state index contributed by atoms with van der Waals surface area (Å²) in [7, 11) is 0. The van der Waals surface area contributed by atoms with Gasteiger partial charge in [-0.05, 0) is 17.0 Å².